The van der Waals surface area contributed by atoms with Gasteiger partial charge >= 0.3 is 0 Å². The van der Waals surface area contributed by atoms with Crippen LogP contribution in [0.3, 0.4) is 0 Å². The van der Waals surface area contributed by atoms with Crippen LogP contribution in [0.25, 0.3) is 0 Å². The second-order valence-corrected chi connectivity index (χ2v) is 4.18. The SMILES string of the molecule is CNC(=O)C1CCCN1c1ccc(N)c(C#N)n1. The highest BCUT2D eigenvalue weighted by Gasteiger charge is 2.31. The Labute approximate surface area is 105 Å². The summed E-state index contributed by atoms with van der Waals surface area (Å²) in [4.78, 5) is 17.9. The molecule has 6 nitrogen and oxygen atoms in total. The maximum atomic E-state index is 11.7. The lowest BCUT2D eigenvalue weighted by Crippen LogP contribution is -2.42. The van der Waals surface area contributed by atoms with Gasteiger partial charge in [0, 0.05) is 13.6 Å². The lowest BCUT2D eigenvalue weighted by Gasteiger charge is -2.24. The predicted octanol–water partition coefficient (Wildman–Crippen LogP) is 0.250. The van der Waals surface area contributed by atoms with Gasteiger partial charge in [-0.1, -0.05) is 0 Å². The zero-order valence-electron chi connectivity index (χ0n) is 10.2. The van der Waals surface area contributed by atoms with Crippen LogP contribution in [0.15, 0.2) is 12.1 Å². The maximum absolute atomic E-state index is 11.7. The molecule has 1 unspecified atom stereocenters. The summed E-state index contributed by atoms with van der Waals surface area (Å²) in [6.07, 6.45) is 1.74. The molecule has 18 heavy (non-hydrogen) atoms. The van der Waals surface area contributed by atoms with Crippen LogP contribution in [-0.2, 0) is 4.79 Å². The van der Waals surface area contributed by atoms with Crippen molar-refractivity contribution in [3.8, 4) is 6.07 Å². The zero-order valence-corrected chi connectivity index (χ0v) is 10.2. The fraction of sp³-hybridized carbons (Fsp3) is 0.417. The Bertz CT molecular complexity index is 508. The molecule has 0 spiro atoms. The molecule has 0 aliphatic carbocycles. The van der Waals surface area contributed by atoms with Gasteiger partial charge in [0.2, 0.25) is 5.91 Å². The smallest absolute Gasteiger partial charge is 0.242 e. The Morgan fingerprint density at radius 3 is 3.11 bits per heavy atom. The Kier molecular flexibility index (Phi) is 3.33. The van der Waals surface area contributed by atoms with Crippen molar-refractivity contribution in [2.45, 2.75) is 18.9 Å². The number of nitrogens with two attached hydrogens (primary N) is 1. The lowest BCUT2D eigenvalue weighted by molar-refractivity contribution is -0.121. The van der Waals surface area contributed by atoms with E-state index >= 15 is 0 Å². The molecular formula is C12H15N5O. The summed E-state index contributed by atoms with van der Waals surface area (Å²) >= 11 is 0. The fourth-order valence-corrected chi connectivity index (χ4v) is 2.19. The molecule has 2 rings (SSSR count). The second kappa shape index (κ2) is 4.92. The van der Waals surface area contributed by atoms with Crippen LogP contribution in [0.4, 0.5) is 11.5 Å². The van der Waals surface area contributed by atoms with Gasteiger partial charge in [-0.2, -0.15) is 5.26 Å². The lowest BCUT2D eigenvalue weighted by atomic mass is 10.2. The third-order valence-electron chi connectivity index (χ3n) is 3.11. The van der Waals surface area contributed by atoms with Crippen LogP contribution in [0, 0.1) is 11.3 Å². The number of nitrogen functional groups attached to an aromatic ring is 1. The zero-order chi connectivity index (χ0) is 13.1. The maximum Gasteiger partial charge on any atom is 0.242 e. The van der Waals surface area contributed by atoms with Gasteiger partial charge in [0.05, 0.1) is 5.69 Å². The van der Waals surface area contributed by atoms with Crippen molar-refractivity contribution in [2.24, 2.45) is 0 Å². The largest absolute Gasteiger partial charge is 0.396 e. The number of nitriles is 1. The standard InChI is InChI=1S/C12H15N5O/c1-15-12(18)10-3-2-6-17(10)11-5-4-8(14)9(7-13)16-11/h4-5,10H,2-3,6,14H2,1H3,(H,15,18). The molecule has 3 N–H and O–H groups in total. The average Bonchev–Trinajstić information content (AvgIpc) is 2.87. The monoisotopic (exact) mass is 245 g/mol. The number of hydrogen-bond acceptors (Lipinski definition) is 5. The van der Waals surface area contributed by atoms with E-state index in [1.54, 1.807) is 19.2 Å². The third kappa shape index (κ3) is 2.07. The number of carbonyl (C=O) groups is 1. The minimum atomic E-state index is -0.210. The quantitative estimate of drug-likeness (QED) is 0.778. The Morgan fingerprint density at radius 1 is 1.67 bits per heavy atom. The average molecular weight is 245 g/mol. The van der Waals surface area contributed by atoms with Crippen molar-refractivity contribution < 1.29 is 4.79 Å². The fourth-order valence-electron chi connectivity index (χ4n) is 2.19. The molecule has 1 aliphatic heterocycles. The molecule has 2 heterocycles. The predicted molar refractivity (Wildman–Crippen MR) is 67.8 cm³/mol. The van der Waals surface area contributed by atoms with Gasteiger partial charge in [-0.05, 0) is 25.0 Å². The van der Waals surface area contributed by atoms with E-state index in [-0.39, 0.29) is 17.6 Å². The van der Waals surface area contributed by atoms with Gasteiger partial charge in [0.15, 0.2) is 5.69 Å². The van der Waals surface area contributed by atoms with Crippen molar-refractivity contribution in [1.29, 1.82) is 5.26 Å². The van der Waals surface area contributed by atoms with E-state index in [4.69, 9.17) is 11.0 Å². The number of pyridine rings is 1. The summed E-state index contributed by atoms with van der Waals surface area (Å²) < 4.78 is 0. The normalized spacial score (nSPS) is 18.4. The summed E-state index contributed by atoms with van der Waals surface area (Å²) in [6, 6.07) is 5.14. The molecule has 0 radical (unpaired) electrons. The van der Waals surface area contributed by atoms with Gasteiger partial charge in [0.1, 0.15) is 17.9 Å². The van der Waals surface area contributed by atoms with Crippen LogP contribution in [0.1, 0.15) is 18.5 Å². The number of aromatic nitrogens is 1. The number of rotatable bonds is 2. The van der Waals surface area contributed by atoms with E-state index < -0.39 is 0 Å². The molecule has 1 atom stereocenters. The molecule has 1 amide bonds. The van der Waals surface area contributed by atoms with Crippen molar-refractivity contribution in [2.75, 3.05) is 24.2 Å². The number of anilines is 2. The first-order valence-electron chi connectivity index (χ1n) is 5.82. The minimum absolute atomic E-state index is 0.0235. The van der Waals surface area contributed by atoms with Gasteiger partial charge in [-0.15, -0.1) is 0 Å². The second-order valence-electron chi connectivity index (χ2n) is 4.18. The number of amides is 1. The molecule has 1 aromatic rings. The van der Waals surface area contributed by atoms with Crippen molar-refractivity contribution >= 4 is 17.4 Å². The number of carbonyl (C=O) groups excluding carboxylic acids is 1. The van der Waals surface area contributed by atoms with E-state index in [1.165, 1.54) is 0 Å². The molecule has 1 saturated heterocycles. The van der Waals surface area contributed by atoms with Gasteiger partial charge in [0.25, 0.3) is 0 Å². The summed E-state index contributed by atoms with van der Waals surface area (Å²) in [5, 5.41) is 11.6. The first-order chi connectivity index (χ1) is 8.67. The van der Waals surface area contributed by atoms with Crippen LogP contribution < -0.4 is 16.0 Å². The Balaban J connectivity index is 2.31. The van der Waals surface area contributed by atoms with Crippen LogP contribution in [0.2, 0.25) is 0 Å². The number of hydrogen-bond donors (Lipinski definition) is 2. The first kappa shape index (κ1) is 12.2. The summed E-state index contributed by atoms with van der Waals surface area (Å²) in [7, 11) is 1.62. The third-order valence-corrected chi connectivity index (χ3v) is 3.11. The van der Waals surface area contributed by atoms with Crippen molar-refractivity contribution in [3.05, 3.63) is 17.8 Å². The Hall–Kier alpha value is -2.29. The Morgan fingerprint density at radius 2 is 2.44 bits per heavy atom. The molecule has 6 heteroatoms. The molecule has 0 saturated carbocycles. The molecular weight excluding hydrogens is 230 g/mol. The summed E-state index contributed by atoms with van der Waals surface area (Å²) in [5.41, 5.74) is 6.20. The topological polar surface area (TPSA) is 95.0 Å². The van der Waals surface area contributed by atoms with E-state index in [2.05, 4.69) is 10.3 Å². The van der Waals surface area contributed by atoms with E-state index in [1.807, 2.05) is 11.0 Å². The number of nitrogens with one attached hydrogen (secondary N) is 1. The van der Waals surface area contributed by atoms with Crippen LogP contribution in [0.5, 0.6) is 0 Å². The van der Waals surface area contributed by atoms with Gasteiger partial charge in [-0.3, -0.25) is 4.79 Å². The highest BCUT2D eigenvalue weighted by Crippen LogP contribution is 2.25. The van der Waals surface area contributed by atoms with Gasteiger partial charge in [-0.25, -0.2) is 4.98 Å². The van der Waals surface area contributed by atoms with Crippen molar-refractivity contribution in [1.82, 2.24) is 10.3 Å². The van der Waals surface area contributed by atoms with E-state index in [0.29, 0.717) is 11.5 Å². The molecule has 1 aliphatic rings. The molecule has 0 aromatic carbocycles. The number of likely N-dealkylation sites (N-methyl/N-ethyl adjacent to an activating group) is 1. The molecule has 94 valence electrons. The highest BCUT2D eigenvalue weighted by atomic mass is 16.2. The van der Waals surface area contributed by atoms with Crippen LogP contribution in [-0.4, -0.2) is 30.5 Å². The minimum Gasteiger partial charge on any atom is -0.396 e. The number of nitrogens with zero attached hydrogens (tertiary/aromatic N) is 3. The molecule has 1 aromatic heterocycles. The highest BCUT2D eigenvalue weighted by molar-refractivity contribution is 5.85. The van der Waals surface area contributed by atoms with Crippen molar-refractivity contribution in [3.63, 3.8) is 0 Å². The summed E-state index contributed by atoms with van der Waals surface area (Å²) in [6.45, 7) is 0.764. The van der Waals surface area contributed by atoms with Crippen LogP contribution >= 0.6 is 0 Å². The van der Waals surface area contributed by atoms with Gasteiger partial charge < -0.3 is 16.0 Å². The summed E-state index contributed by atoms with van der Waals surface area (Å²) in [5.74, 6) is 0.608. The first-order valence-corrected chi connectivity index (χ1v) is 5.82. The molecule has 1 fully saturated rings. The molecule has 0 bridgehead atoms. The van der Waals surface area contributed by atoms with E-state index in [9.17, 15) is 4.79 Å². The van der Waals surface area contributed by atoms with E-state index in [0.717, 1.165) is 19.4 Å².